The summed E-state index contributed by atoms with van der Waals surface area (Å²) in [7, 11) is 0. The predicted molar refractivity (Wildman–Crippen MR) is 66.3 cm³/mol. The highest BCUT2D eigenvalue weighted by molar-refractivity contribution is 5.74. The molecule has 1 aliphatic heterocycles. The van der Waals surface area contributed by atoms with E-state index in [2.05, 4.69) is 4.98 Å². The molecule has 6 heteroatoms. The van der Waals surface area contributed by atoms with Crippen molar-refractivity contribution < 1.29 is 13.9 Å². The number of hydrogen-bond donors (Lipinski definition) is 0. The first-order valence-electron chi connectivity index (χ1n) is 6.12. The van der Waals surface area contributed by atoms with Gasteiger partial charge in [0.15, 0.2) is 6.29 Å². The van der Waals surface area contributed by atoms with E-state index in [1.54, 1.807) is 6.07 Å². The number of ether oxygens (including phenoxy) is 2. The van der Waals surface area contributed by atoms with Crippen LogP contribution in [0.25, 0.3) is 11.0 Å². The van der Waals surface area contributed by atoms with E-state index >= 15 is 0 Å². The van der Waals surface area contributed by atoms with Crippen molar-refractivity contribution in [2.75, 3.05) is 13.2 Å². The number of fused-ring (bicyclic) bond motifs is 1. The first kappa shape index (κ1) is 12.3. The Hall–Kier alpha value is -1.79. The van der Waals surface area contributed by atoms with Crippen LogP contribution in [0.3, 0.4) is 0 Å². The quantitative estimate of drug-likeness (QED) is 0.838. The number of nitrogens with zero attached hydrogens (tertiary/aromatic N) is 2. The standard InChI is InChI=1S/C13H13FN2O3/c14-9-1-2-10-11(7-9)16(12(17)8-15-10)4-3-13-18-5-6-19-13/h1-2,7-8,13H,3-6H2. The van der Waals surface area contributed by atoms with Gasteiger partial charge in [-0.25, -0.2) is 9.37 Å². The average molecular weight is 264 g/mol. The maximum absolute atomic E-state index is 13.3. The van der Waals surface area contributed by atoms with E-state index < -0.39 is 0 Å². The normalized spacial score (nSPS) is 16.3. The first-order valence-corrected chi connectivity index (χ1v) is 6.12. The number of rotatable bonds is 3. The molecule has 0 atom stereocenters. The van der Waals surface area contributed by atoms with Crippen LogP contribution in [-0.4, -0.2) is 29.1 Å². The molecule has 1 saturated heterocycles. The Bertz CT molecular complexity index is 650. The van der Waals surface area contributed by atoms with Crippen molar-refractivity contribution in [3.05, 3.63) is 40.6 Å². The molecule has 3 rings (SSSR count). The van der Waals surface area contributed by atoms with E-state index in [1.807, 2.05) is 0 Å². The van der Waals surface area contributed by atoms with Gasteiger partial charge in [-0.2, -0.15) is 0 Å². The van der Waals surface area contributed by atoms with Crippen LogP contribution in [0.15, 0.2) is 29.2 Å². The van der Waals surface area contributed by atoms with E-state index in [-0.39, 0.29) is 17.7 Å². The van der Waals surface area contributed by atoms with Crippen molar-refractivity contribution in [3.63, 3.8) is 0 Å². The molecular formula is C13H13FN2O3. The van der Waals surface area contributed by atoms with E-state index in [4.69, 9.17) is 9.47 Å². The molecule has 0 aliphatic carbocycles. The van der Waals surface area contributed by atoms with E-state index in [1.165, 1.54) is 22.9 Å². The summed E-state index contributed by atoms with van der Waals surface area (Å²) in [5.41, 5.74) is 0.829. The van der Waals surface area contributed by atoms with Gasteiger partial charge in [0.25, 0.3) is 5.56 Å². The second-order valence-electron chi connectivity index (χ2n) is 4.34. The van der Waals surface area contributed by atoms with Crippen LogP contribution in [0, 0.1) is 5.82 Å². The first-order chi connectivity index (χ1) is 9.24. The summed E-state index contributed by atoms with van der Waals surface area (Å²) in [5.74, 6) is -0.387. The minimum absolute atomic E-state index is 0.254. The molecule has 100 valence electrons. The maximum atomic E-state index is 13.3. The molecule has 19 heavy (non-hydrogen) atoms. The van der Waals surface area contributed by atoms with Gasteiger partial charge in [-0.15, -0.1) is 0 Å². The summed E-state index contributed by atoms with van der Waals surface area (Å²) >= 11 is 0. The van der Waals surface area contributed by atoms with Gasteiger partial charge < -0.3 is 14.0 Å². The lowest BCUT2D eigenvalue weighted by molar-refractivity contribution is -0.0490. The molecule has 1 aliphatic rings. The number of aromatic nitrogens is 2. The zero-order valence-electron chi connectivity index (χ0n) is 10.2. The molecule has 2 aromatic rings. The minimum Gasteiger partial charge on any atom is -0.350 e. The number of aryl methyl sites for hydroxylation is 1. The average Bonchev–Trinajstić information content (AvgIpc) is 2.91. The summed E-state index contributed by atoms with van der Waals surface area (Å²) in [6, 6.07) is 4.20. The summed E-state index contributed by atoms with van der Waals surface area (Å²) in [4.78, 5) is 15.8. The van der Waals surface area contributed by atoms with Crippen LogP contribution in [0.2, 0.25) is 0 Å². The Morgan fingerprint density at radius 2 is 2.16 bits per heavy atom. The topological polar surface area (TPSA) is 53.4 Å². The second kappa shape index (κ2) is 5.07. The zero-order valence-corrected chi connectivity index (χ0v) is 10.2. The lowest BCUT2D eigenvalue weighted by atomic mass is 10.2. The Balaban J connectivity index is 1.93. The Kier molecular flexibility index (Phi) is 3.27. The smallest absolute Gasteiger partial charge is 0.269 e. The highest BCUT2D eigenvalue weighted by Gasteiger charge is 2.16. The van der Waals surface area contributed by atoms with Crippen molar-refractivity contribution in [1.29, 1.82) is 0 Å². The van der Waals surface area contributed by atoms with Crippen LogP contribution >= 0.6 is 0 Å². The fourth-order valence-electron chi connectivity index (χ4n) is 2.17. The largest absolute Gasteiger partial charge is 0.350 e. The molecule has 0 spiro atoms. The van der Waals surface area contributed by atoms with Gasteiger partial charge in [0.05, 0.1) is 30.4 Å². The van der Waals surface area contributed by atoms with Crippen molar-refractivity contribution in [3.8, 4) is 0 Å². The predicted octanol–water partition coefficient (Wildman–Crippen LogP) is 1.30. The summed E-state index contributed by atoms with van der Waals surface area (Å²) in [6.45, 7) is 1.56. The van der Waals surface area contributed by atoms with Gasteiger partial charge in [0.1, 0.15) is 5.82 Å². The third-order valence-electron chi connectivity index (χ3n) is 3.09. The van der Waals surface area contributed by atoms with Crippen molar-refractivity contribution in [1.82, 2.24) is 9.55 Å². The third kappa shape index (κ3) is 2.50. The summed E-state index contributed by atoms with van der Waals surface area (Å²) in [6.07, 6.45) is 1.51. The fraction of sp³-hybridized carbons (Fsp3) is 0.385. The van der Waals surface area contributed by atoms with Gasteiger partial charge >= 0.3 is 0 Å². The van der Waals surface area contributed by atoms with E-state index in [0.29, 0.717) is 37.2 Å². The lowest BCUT2D eigenvalue weighted by Gasteiger charge is -2.12. The Labute approximate surface area is 108 Å². The molecule has 0 amide bonds. The van der Waals surface area contributed by atoms with Gasteiger partial charge in [0, 0.05) is 13.0 Å². The molecule has 0 radical (unpaired) electrons. The maximum Gasteiger partial charge on any atom is 0.269 e. The van der Waals surface area contributed by atoms with Crippen molar-refractivity contribution in [2.24, 2.45) is 0 Å². The molecule has 0 saturated carbocycles. The SMILES string of the molecule is O=c1cnc2ccc(F)cc2n1CCC1OCCO1. The molecule has 5 nitrogen and oxygen atoms in total. The lowest BCUT2D eigenvalue weighted by Crippen LogP contribution is -2.23. The molecule has 1 fully saturated rings. The van der Waals surface area contributed by atoms with Crippen LogP contribution in [-0.2, 0) is 16.0 Å². The molecule has 2 heterocycles. The highest BCUT2D eigenvalue weighted by atomic mass is 19.1. The van der Waals surface area contributed by atoms with Gasteiger partial charge in [0.2, 0.25) is 0 Å². The summed E-state index contributed by atoms with van der Waals surface area (Å²) < 4.78 is 25.4. The highest BCUT2D eigenvalue weighted by Crippen LogP contribution is 2.14. The minimum atomic E-state index is -0.387. The van der Waals surface area contributed by atoms with Gasteiger partial charge in [-0.1, -0.05) is 0 Å². The molecule has 0 N–H and O–H groups in total. The number of hydrogen-bond acceptors (Lipinski definition) is 4. The van der Waals surface area contributed by atoms with Crippen molar-refractivity contribution in [2.45, 2.75) is 19.3 Å². The van der Waals surface area contributed by atoms with E-state index in [0.717, 1.165) is 0 Å². The molecule has 1 aromatic carbocycles. The summed E-state index contributed by atoms with van der Waals surface area (Å²) in [5, 5.41) is 0. The van der Waals surface area contributed by atoms with E-state index in [9.17, 15) is 9.18 Å². The van der Waals surface area contributed by atoms with Gasteiger partial charge in [-0.3, -0.25) is 4.79 Å². The second-order valence-corrected chi connectivity index (χ2v) is 4.34. The Morgan fingerprint density at radius 1 is 1.37 bits per heavy atom. The van der Waals surface area contributed by atoms with Crippen LogP contribution in [0.4, 0.5) is 4.39 Å². The van der Waals surface area contributed by atoms with Gasteiger partial charge in [-0.05, 0) is 18.2 Å². The molecule has 1 aromatic heterocycles. The van der Waals surface area contributed by atoms with Crippen LogP contribution in [0.1, 0.15) is 6.42 Å². The monoisotopic (exact) mass is 264 g/mol. The van der Waals surface area contributed by atoms with Crippen molar-refractivity contribution >= 4 is 11.0 Å². The number of benzene rings is 1. The zero-order chi connectivity index (χ0) is 13.2. The molecular weight excluding hydrogens is 251 g/mol. The number of halogens is 1. The van der Waals surface area contributed by atoms with Crippen LogP contribution < -0.4 is 5.56 Å². The molecule has 0 bridgehead atoms. The van der Waals surface area contributed by atoms with Crippen LogP contribution in [0.5, 0.6) is 0 Å². The fourth-order valence-corrected chi connectivity index (χ4v) is 2.17. The Morgan fingerprint density at radius 3 is 2.95 bits per heavy atom. The third-order valence-corrected chi connectivity index (χ3v) is 3.09. The molecule has 0 unspecified atom stereocenters.